The van der Waals surface area contributed by atoms with Gasteiger partial charge in [0.15, 0.2) is 5.96 Å². The summed E-state index contributed by atoms with van der Waals surface area (Å²) in [6, 6.07) is 8.29. The number of aliphatic imine (C=N–C) groups is 1. The molecular formula is C22H39IN4O2. The van der Waals surface area contributed by atoms with E-state index >= 15 is 0 Å². The molecule has 1 aliphatic rings. The van der Waals surface area contributed by atoms with Crippen molar-refractivity contribution >= 4 is 29.9 Å². The Morgan fingerprint density at radius 1 is 1.31 bits per heavy atom. The summed E-state index contributed by atoms with van der Waals surface area (Å²) in [7, 11) is 0. The minimum Gasteiger partial charge on any atom is -0.491 e. The third-order valence-electron chi connectivity index (χ3n) is 4.99. The zero-order valence-electron chi connectivity index (χ0n) is 18.2. The molecule has 0 aliphatic carbocycles. The summed E-state index contributed by atoms with van der Waals surface area (Å²) in [5.41, 5.74) is 1.14. The minimum absolute atomic E-state index is 0. The maximum Gasteiger partial charge on any atom is 0.191 e. The maximum absolute atomic E-state index is 10.2. The minimum atomic E-state index is -0.633. The van der Waals surface area contributed by atoms with E-state index in [1.807, 2.05) is 31.2 Å². The zero-order valence-corrected chi connectivity index (χ0v) is 20.5. The van der Waals surface area contributed by atoms with Crippen molar-refractivity contribution in [2.45, 2.75) is 58.6 Å². The molecule has 2 rings (SSSR count). The second-order valence-corrected chi connectivity index (χ2v) is 7.61. The molecule has 1 heterocycles. The summed E-state index contributed by atoms with van der Waals surface area (Å²) in [6.45, 7) is 11.2. The molecule has 0 aromatic heterocycles. The smallest absolute Gasteiger partial charge is 0.191 e. The van der Waals surface area contributed by atoms with Crippen LogP contribution in [0.25, 0.3) is 0 Å². The molecule has 0 spiro atoms. The summed E-state index contributed by atoms with van der Waals surface area (Å²) in [6.07, 6.45) is 4.17. The molecule has 1 aliphatic heterocycles. The van der Waals surface area contributed by atoms with Crippen LogP contribution in [0.4, 0.5) is 0 Å². The Hall–Kier alpha value is -1.06. The number of aliphatic hydroxyl groups excluding tert-OH is 1. The van der Waals surface area contributed by atoms with Crippen molar-refractivity contribution in [1.82, 2.24) is 15.5 Å². The number of benzene rings is 1. The van der Waals surface area contributed by atoms with Gasteiger partial charge in [-0.1, -0.05) is 25.5 Å². The number of ether oxygens (including phenoxy) is 1. The molecule has 1 saturated heterocycles. The lowest BCUT2D eigenvalue weighted by atomic mass is 10.0. The topological polar surface area (TPSA) is 69.1 Å². The Morgan fingerprint density at radius 3 is 2.72 bits per heavy atom. The number of likely N-dealkylation sites (tertiary alicyclic amines) is 1. The van der Waals surface area contributed by atoms with Crippen LogP contribution in [0.5, 0.6) is 5.75 Å². The van der Waals surface area contributed by atoms with Crippen LogP contribution >= 0.6 is 24.0 Å². The predicted octanol–water partition coefficient (Wildman–Crippen LogP) is 3.17. The van der Waals surface area contributed by atoms with Crippen molar-refractivity contribution in [3.63, 3.8) is 0 Å². The van der Waals surface area contributed by atoms with Gasteiger partial charge in [-0.05, 0) is 57.4 Å². The van der Waals surface area contributed by atoms with E-state index in [2.05, 4.69) is 34.4 Å². The molecule has 1 unspecified atom stereocenters. The Balaban J connectivity index is 0.00000420. The Bertz CT molecular complexity index is 592. The zero-order chi connectivity index (χ0) is 20.2. The number of unbranched alkanes of at least 4 members (excludes halogenated alkanes) is 1. The van der Waals surface area contributed by atoms with Gasteiger partial charge in [0.25, 0.3) is 0 Å². The van der Waals surface area contributed by atoms with E-state index in [4.69, 9.17) is 4.74 Å². The molecular weight excluding hydrogens is 479 g/mol. The van der Waals surface area contributed by atoms with E-state index in [0.717, 1.165) is 49.7 Å². The van der Waals surface area contributed by atoms with E-state index in [9.17, 15) is 5.11 Å². The number of guanidine groups is 1. The van der Waals surface area contributed by atoms with Gasteiger partial charge in [-0.25, -0.2) is 0 Å². The molecule has 6 nitrogen and oxygen atoms in total. The summed E-state index contributed by atoms with van der Waals surface area (Å²) >= 11 is 0. The third-order valence-corrected chi connectivity index (χ3v) is 4.99. The highest BCUT2D eigenvalue weighted by molar-refractivity contribution is 14.0. The van der Waals surface area contributed by atoms with Crippen LogP contribution in [0, 0.1) is 6.92 Å². The van der Waals surface area contributed by atoms with Gasteiger partial charge in [0.2, 0.25) is 0 Å². The van der Waals surface area contributed by atoms with E-state index in [-0.39, 0.29) is 30.6 Å². The molecule has 1 atom stereocenters. The fourth-order valence-electron chi connectivity index (χ4n) is 3.34. The SMILES string of the molecule is CCCCN1CCC(NC(=NCC(O)COc2cccc(C)c2)NCC)CC1.I. The number of aryl methyl sites for hydroxylation is 1. The van der Waals surface area contributed by atoms with Gasteiger partial charge in [-0.3, -0.25) is 4.99 Å². The average Bonchev–Trinajstić information content (AvgIpc) is 2.70. The first-order chi connectivity index (χ1) is 13.6. The fourth-order valence-corrected chi connectivity index (χ4v) is 3.34. The summed E-state index contributed by atoms with van der Waals surface area (Å²) in [5.74, 6) is 1.56. The van der Waals surface area contributed by atoms with Crippen molar-refractivity contribution in [1.29, 1.82) is 0 Å². The molecule has 0 radical (unpaired) electrons. The third kappa shape index (κ3) is 10.5. The monoisotopic (exact) mass is 518 g/mol. The quantitative estimate of drug-likeness (QED) is 0.252. The van der Waals surface area contributed by atoms with Crippen molar-refractivity contribution in [2.75, 3.05) is 39.3 Å². The van der Waals surface area contributed by atoms with Crippen LogP contribution in [-0.4, -0.2) is 67.4 Å². The van der Waals surface area contributed by atoms with Crippen molar-refractivity contribution in [2.24, 2.45) is 4.99 Å². The second kappa shape index (κ2) is 14.8. The number of aliphatic hydroxyl groups is 1. The lowest BCUT2D eigenvalue weighted by Crippen LogP contribution is -2.49. The van der Waals surface area contributed by atoms with Gasteiger partial charge in [0.1, 0.15) is 18.5 Å². The first-order valence-electron chi connectivity index (χ1n) is 10.8. The van der Waals surface area contributed by atoms with E-state index in [1.165, 1.54) is 19.4 Å². The van der Waals surface area contributed by atoms with E-state index in [0.29, 0.717) is 12.6 Å². The lowest BCUT2D eigenvalue weighted by molar-refractivity contribution is 0.114. The maximum atomic E-state index is 10.2. The molecule has 1 aromatic rings. The highest BCUT2D eigenvalue weighted by Gasteiger charge is 2.19. The number of piperidine rings is 1. The largest absolute Gasteiger partial charge is 0.491 e. The highest BCUT2D eigenvalue weighted by atomic mass is 127. The van der Waals surface area contributed by atoms with Crippen molar-refractivity contribution in [3.05, 3.63) is 29.8 Å². The molecule has 3 N–H and O–H groups in total. The summed E-state index contributed by atoms with van der Waals surface area (Å²) in [4.78, 5) is 7.11. The van der Waals surface area contributed by atoms with Crippen LogP contribution < -0.4 is 15.4 Å². The molecule has 29 heavy (non-hydrogen) atoms. The van der Waals surface area contributed by atoms with Gasteiger partial charge in [-0.2, -0.15) is 0 Å². The Labute approximate surface area is 193 Å². The number of hydrogen-bond donors (Lipinski definition) is 3. The van der Waals surface area contributed by atoms with E-state index in [1.54, 1.807) is 0 Å². The molecule has 166 valence electrons. The fraction of sp³-hybridized carbons (Fsp3) is 0.682. The number of nitrogens with one attached hydrogen (secondary N) is 2. The van der Waals surface area contributed by atoms with Gasteiger partial charge >= 0.3 is 0 Å². The molecule has 0 bridgehead atoms. The first-order valence-corrected chi connectivity index (χ1v) is 10.8. The van der Waals surface area contributed by atoms with Gasteiger partial charge in [0.05, 0.1) is 6.54 Å². The second-order valence-electron chi connectivity index (χ2n) is 7.61. The predicted molar refractivity (Wildman–Crippen MR) is 132 cm³/mol. The molecule has 0 amide bonds. The van der Waals surface area contributed by atoms with Crippen LogP contribution in [-0.2, 0) is 0 Å². The molecule has 1 aromatic carbocycles. The number of nitrogens with zero attached hydrogens (tertiary/aromatic N) is 2. The van der Waals surface area contributed by atoms with Crippen molar-refractivity contribution < 1.29 is 9.84 Å². The normalized spacial score (nSPS) is 16.8. The lowest BCUT2D eigenvalue weighted by Gasteiger charge is -2.33. The molecule has 0 saturated carbocycles. The number of halogens is 1. The molecule has 1 fully saturated rings. The number of hydrogen-bond acceptors (Lipinski definition) is 4. The van der Waals surface area contributed by atoms with Crippen LogP contribution in [0.2, 0.25) is 0 Å². The van der Waals surface area contributed by atoms with Crippen LogP contribution in [0.1, 0.15) is 45.1 Å². The molecule has 7 heteroatoms. The van der Waals surface area contributed by atoms with Crippen LogP contribution in [0.15, 0.2) is 29.3 Å². The Morgan fingerprint density at radius 2 is 2.07 bits per heavy atom. The van der Waals surface area contributed by atoms with Gasteiger partial charge in [0, 0.05) is 25.7 Å². The van der Waals surface area contributed by atoms with Gasteiger partial charge in [-0.15, -0.1) is 24.0 Å². The summed E-state index contributed by atoms with van der Waals surface area (Å²) in [5, 5.41) is 17.0. The number of rotatable bonds is 10. The van der Waals surface area contributed by atoms with Crippen LogP contribution in [0.3, 0.4) is 0 Å². The van der Waals surface area contributed by atoms with E-state index < -0.39 is 6.10 Å². The first kappa shape index (κ1) is 26.0. The highest BCUT2D eigenvalue weighted by Crippen LogP contribution is 2.13. The average molecular weight is 518 g/mol. The Kier molecular flexibility index (Phi) is 13.3. The summed E-state index contributed by atoms with van der Waals surface area (Å²) < 4.78 is 5.67. The van der Waals surface area contributed by atoms with Crippen molar-refractivity contribution in [3.8, 4) is 5.75 Å². The standard InChI is InChI=1S/C22H38N4O2.HI/c1-4-6-12-26-13-10-19(11-14-26)25-22(23-5-2)24-16-20(27)17-28-21-9-7-8-18(3)15-21;/h7-9,15,19-20,27H,4-6,10-14,16-17H2,1-3H3,(H2,23,24,25);1H. The van der Waals surface area contributed by atoms with Gasteiger partial charge < -0.3 is 25.4 Å².